The Kier molecular flexibility index (Phi) is 7.46. The Bertz CT molecular complexity index is 939. The number of aromatic carboxylic acids is 1. The molecule has 2 heterocycles. The fraction of sp³-hybridized carbons (Fsp3) is 0.350. The van der Waals surface area contributed by atoms with Gasteiger partial charge in [-0.05, 0) is 37.3 Å². The second-order valence-electron chi connectivity index (χ2n) is 6.61. The van der Waals surface area contributed by atoms with Crippen LogP contribution in [0.2, 0.25) is 0 Å². The Morgan fingerprint density at radius 3 is 2.83 bits per heavy atom. The zero-order chi connectivity index (χ0) is 20.5. The smallest absolute Gasteiger partial charge is 0.335 e. The van der Waals surface area contributed by atoms with Crippen molar-refractivity contribution in [3.05, 3.63) is 53.3 Å². The van der Waals surface area contributed by atoms with E-state index in [0.717, 1.165) is 36.4 Å². The van der Waals surface area contributed by atoms with Gasteiger partial charge in [-0.15, -0.1) is 16.4 Å². The van der Waals surface area contributed by atoms with Crippen LogP contribution in [0.4, 0.5) is 0 Å². The Labute approximate surface area is 172 Å². The zero-order valence-corrected chi connectivity index (χ0v) is 16.8. The summed E-state index contributed by atoms with van der Waals surface area (Å²) in [6.07, 6.45) is 7.21. The van der Waals surface area contributed by atoms with Gasteiger partial charge < -0.3 is 10.4 Å². The average molecular weight is 414 g/mol. The topological polar surface area (TPSA) is 110 Å². The average Bonchev–Trinajstić information content (AvgIpc) is 3.41. The summed E-state index contributed by atoms with van der Waals surface area (Å²) in [4.78, 5) is 28.2. The first-order valence-electron chi connectivity index (χ1n) is 9.50. The molecule has 2 aromatic heterocycles. The van der Waals surface area contributed by atoms with Gasteiger partial charge in [0.15, 0.2) is 0 Å². The van der Waals surface area contributed by atoms with Crippen molar-refractivity contribution in [2.24, 2.45) is 0 Å². The molecule has 0 bridgehead atoms. The number of rotatable bonds is 11. The maximum Gasteiger partial charge on any atom is 0.335 e. The summed E-state index contributed by atoms with van der Waals surface area (Å²) in [5, 5.41) is 20.3. The van der Waals surface area contributed by atoms with Crippen molar-refractivity contribution in [3.8, 4) is 10.6 Å². The largest absolute Gasteiger partial charge is 0.478 e. The van der Waals surface area contributed by atoms with Crippen LogP contribution in [-0.2, 0) is 17.8 Å². The van der Waals surface area contributed by atoms with Gasteiger partial charge in [-0.3, -0.25) is 14.5 Å². The second-order valence-corrected chi connectivity index (χ2v) is 7.49. The predicted octanol–water partition coefficient (Wildman–Crippen LogP) is 3.02. The lowest BCUT2D eigenvalue weighted by Crippen LogP contribution is -2.24. The molecule has 0 saturated heterocycles. The number of carbonyl (C=O) groups excluding carboxylic acids is 1. The van der Waals surface area contributed by atoms with Gasteiger partial charge in [-0.1, -0.05) is 23.4 Å². The van der Waals surface area contributed by atoms with Crippen LogP contribution >= 0.6 is 11.3 Å². The van der Waals surface area contributed by atoms with E-state index in [4.69, 9.17) is 0 Å². The van der Waals surface area contributed by atoms with E-state index in [-0.39, 0.29) is 17.9 Å². The first-order chi connectivity index (χ1) is 14.1. The molecule has 9 heteroatoms. The highest BCUT2D eigenvalue weighted by Gasteiger charge is 2.10. The number of thiazole rings is 1. The highest BCUT2D eigenvalue weighted by Crippen LogP contribution is 2.19. The summed E-state index contributed by atoms with van der Waals surface area (Å²) < 4.78 is 1.83. The van der Waals surface area contributed by atoms with Crippen molar-refractivity contribution < 1.29 is 14.7 Å². The van der Waals surface area contributed by atoms with E-state index in [2.05, 4.69) is 20.6 Å². The van der Waals surface area contributed by atoms with Gasteiger partial charge in [0.25, 0.3) is 0 Å². The highest BCUT2D eigenvalue weighted by atomic mass is 32.1. The number of carboxylic acids is 1. The number of nitrogens with one attached hydrogen (secondary N) is 1. The van der Waals surface area contributed by atoms with E-state index in [9.17, 15) is 14.7 Å². The van der Waals surface area contributed by atoms with Gasteiger partial charge in [-0.2, -0.15) is 0 Å². The van der Waals surface area contributed by atoms with Crippen molar-refractivity contribution in [3.63, 3.8) is 0 Å². The molecule has 29 heavy (non-hydrogen) atoms. The standard InChI is InChI=1S/C20H23N5O3S/c26-19(9-8-15-6-2-3-7-16(15)20(27)28)22-10-4-1-5-11-25-13-17(23-24-25)18-12-21-14-29-18/h2-3,6-7,12-14H,1,4-5,8-11H2,(H,22,26)(H,27,28). The molecule has 1 amide bonds. The number of hydrogen-bond donors (Lipinski definition) is 2. The molecule has 0 atom stereocenters. The first kappa shape index (κ1) is 20.7. The van der Waals surface area contributed by atoms with Crippen molar-refractivity contribution >= 4 is 23.2 Å². The molecule has 0 saturated carbocycles. The lowest BCUT2D eigenvalue weighted by atomic mass is 10.0. The van der Waals surface area contributed by atoms with Crippen LogP contribution in [0.25, 0.3) is 10.6 Å². The molecule has 152 valence electrons. The molecule has 0 aliphatic heterocycles. The maximum atomic E-state index is 12.0. The normalized spacial score (nSPS) is 10.8. The van der Waals surface area contributed by atoms with Crippen LogP contribution in [0.5, 0.6) is 0 Å². The van der Waals surface area contributed by atoms with E-state index in [1.165, 1.54) is 11.3 Å². The van der Waals surface area contributed by atoms with E-state index in [1.807, 2.05) is 10.9 Å². The first-order valence-corrected chi connectivity index (χ1v) is 10.4. The Morgan fingerprint density at radius 2 is 2.03 bits per heavy atom. The van der Waals surface area contributed by atoms with Gasteiger partial charge in [-0.25, -0.2) is 4.79 Å². The second kappa shape index (κ2) is 10.5. The van der Waals surface area contributed by atoms with Gasteiger partial charge >= 0.3 is 5.97 Å². The molecule has 0 aliphatic carbocycles. The van der Waals surface area contributed by atoms with Crippen LogP contribution in [0.1, 0.15) is 41.6 Å². The third-order valence-corrected chi connectivity index (χ3v) is 5.27. The van der Waals surface area contributed by atoms with Gasteiger partial charge in [0.05, 0.1) is 22.1 Å². The van der Waals surface area contributed by atoms with Crippen LogP contribution in [-0.4, -0.2) is 43.5 Å². The summed E-state index contributed by atoms with van der Waals surface area (Å²) in [5.41, 5.74) is 3.55. The fourth-order valence-corrected chi connectivity index (χ4v) is 3.52. The minimum Gasteiger partial charge on any atom is -0.478 e. The van der Waals surface area contributed by atoms with E-state index < -0.39 is 5.97 Å². The lowest BCUT2D eigenvalue weighted by molar-refractivity contribution is -0.121. The maximum absolute atomic E-state index is 12.0. The number of aromatic nitrogens is 4. The van der Waals surface area contributed by atoms with Crippen molar-refractivity contribution in [2.75, 3.05) is 6.54 Å². The minimum atomic E-state index is -0.965. The summed E-state index contributed by atoms with van der Waals surface area (Å²) in [5.74, 6) is -1.02. The monoisotopic (exact) mass is 413 g/mol. The van der Waals surface area contributed by atoms with Gasteiger partial charge in [0.2, 0.25) is 5.91 Å². The molecule has 1 aromatic carbocycles. The van der Waals surface area contributed by atoms with E-state index >= 15 is 0 Å². The zero-order valence-electron chi connectivity index (χ0n) is 16.0. The molecule has 3 aromatic rings. The molecular formula is C20H23N5O3S. The number of benzene rings is 1. The van der Waals surface area contributed by atoms with Gasteiger partial charge in [0, 0.05) is 25.7 Å². The van der Waals surface area contributed by atoms with Crippen LogP contribution in [0.15, 0.2) is 42.2 Å². The Balaban J connectivity index is 1.29. The summed E-state index contributed by atoms with van der Waals surface area (Å²) in [7, 11) is 0. The summed E-state index contributed by atoms with van der Waals surface area (Å²) in [6, 6.07) is 6.79. The SMILES string of the molecule is O=C(CCc1ccccc1C(=O)O)NCCCCCn1cc(-c2cncs2)nn1. The number of aryl methyl sites for hydroxylation is 2. The third-order valence-electron chi connectivity index (χ3n) is 4.48. The summed E-state index contributed by atoms with van der Waals surface area (Å²) in [6.45, 7) is 1.40. The number of amides is 1. The number of nitrogens with zero attached hydrogens (tertiary/aromatic N) is 4. The molecule has 0 unspecified atom stereocenters. The third kappa shape index (κ3) is 6.21. The van der Waals surface area contributed by atoms with E-state index in [1.54, 1.807) is 36.0 Å². The molecule has 3 rings (SSSR count). The number of unbranched alkanes of at least 4 members (excludes halogenated alkanes) is 2. The van der Waals surface area contributed by atoms with E-state index in [0.29, 0.717) is 18.5 Å². The van der Waals surface area contributed by atoms with Crippen molar-refractivity contribution in [2.45, 2.75) is 38.6 Å². The van der Waals surface area contributed by atoms with Crippen molar-refractivity contribution in [1.82, 2.24) is 25.3 Å². The quantitative estimate of drug-likeness (QED) is 0.468. The summed E-state index contributed by atoms with van der Waals surface area (Å²) >= 11 is 1.54. The number of hydrogen-bond acceptors (Lipinski definition) is 6. The van der Waals surface area contributed by atoms with Crippen LogP contribution in [0, 0.1) is 0 Å². The molecule has 8 nitrogen and oxygen atoms in total. The lowest BCUT2D eigenvalue weighted by Gasteiger charge is -2.07. The Hall–Kier alpha value is -3.07. The molecule has 0 radical (unpaired) electrons. The molecule has 0 fully saturated rings. The fourth-order valence-electron chi connectivity index (χ4n) is 2.95. The number of carbonyl (C=O) groups is 2. The van der Waals surface area contributed by atoms with Crippen LogP contribution in [0.3, 0.4) is 0 Å². The highest BCUT2D eigenvalue weighted by molar-refractivity contribution is 7.13. The predicted molar refractivity (Wildman–Crippen MR) is 110 cm³/mol. The number of carboxylic acid groups (broad SMARTS) is 1. The van der Waals surface area contributed by atoms with Crippen LogP contribution < -0.4 is 5.32 Å². The molecule has 2 N–H and O–H groups in total. The molecule has 0 spiro atoms. The Morgan fingerprint density at radius 1 is 1.17 bits per heavy atom. The molecular weight excluding hydrogens is 390 g/mol. The van der Waals surface area contributed by atoms with Crippen molar-refractivity contribution in [1.29, 1.82) is 0 Å². The molecule has 0 aliphatic rings. The minimum absolute atomic E-state index is 0.0596. The van der Waals surface area contributed by atoms with Gasteiger partial charge in [0.1, 0.15) is 5.69 Å².